The summed E-state index contributed by atoms with van der Waals surface area (Å²) in [5.41, 5.74) is 7.91. The Labute approximate surface area is 130 Å². The first-order valence-corrected chi connectivity index (χ1v) is 8.62. The standard InChI is InChI=1S/C18H31N3/c1-2-3-4-5-6-7-12-20-13-15-21(16-14-20)18-10-8-17(19)9-11-18/h8-11H,2-7,12-16,19H2,1H3. The first kappa shape index (κ1) is 16.2. The lowest BCUT2D eigenvalue weighted by Gasteiger charge is -2.36. The van der Waals surface area contributed by atoms with Gasteiger partial charge in [-0.2, -0.15) is 0 Å². The maximum atomic E-state index is 5.75. The number of anilines is 2. The molecule has 1 heterocycles. The highest BCUT2D eigenvalue weighted by Gasteiger charge is 2.16. The minimum absolute atomic E-state index is 0.848. The van der Waals surface area contributed by atoms with E-state index in [9.17, 15) is 0 Å². The van der Waals surface area contributed by atoms with Crippen molar-refractivity contribution >= 4 is 11.4 Å². The van der Waals surface area contributed by atoms with Crippen molar-refractivity contribution in [1.29, 1.82) is 0 Å². The van der Waals surface area contributed by atoms with Gasteiger partial charge in [0, 0.05) is 37.6 Å². The average Bonchev–Trinajstić information content (AvgIpc) is 2.52. The normalized spacial score (nSPS) is 16.3. The van der Waals surface area contributed by atoms with Gasteiger partial charge in [0.2, 0.25) is 0 Å². The van der Waals surface area contributed by atoms with Crippen molar-refractivity contribution in [2.45, 2.75) is 45.4 Å². The molecule has 1 fully saturated rings. The SMILES string of the molecule is CCCCCCCCN1CCN(c2ccc(N)cc2)CC1. The lowest BCUT2D eigenvalue weighted by atomic mass is 10.1. The first-order valence-electron chi connectivity index (χ1n) is 8.62. The van der Waals surface area contributed by atoms with Crippen molar-refractivity contribution in [1.82, 2.24) is 4.90 Å². The fraction of sp³-hybridized carbons (Fsp3) is 0.667. The van der Waals surface area contributed by atoms with Crippen LogP contribution >= 0.6 is 0 Å². The van der Waals surface area contributed by atoms with Gasteiger partial charge in [-0.1, -0.05) is 39.0 Å². The predicted molar refractivity (Wildman–Crippen MR) is 92.9 cm³/mol. The second kappa shape index (κ2) is 8.93. The van der Waals surface area contributed by atoms with E-state index >= 15 is 0 Å². The Morgan fingerprint density at radius 1 is 0.857 bits per heavy atom. The van der Waals surface area contributed by atoms with E-state index in [1.54, 1.807) is 0 Å². The van der Waals surface area contributed by atoms with Crippen LogP contribution in [-0.4, -0.2) is 37.6 Å². The molecule has 1 aliphatic heterocycles. The topological polar surface area (TPSA) is 32.5 Å². The van der Waals surface area contributed by atoms with Crippen molar-refractivity contribution in [3.05, 3.63) is 24.3 Å². The zero-order valence-corrected chi connectivity index (χ0v) is 13.6. The van der Waals surface area contributed by atoms with Crippen LogP contribution in [-0.2, 0) is 0 Å². The second-order valence-corrected chi connectivity index (χ2v) is 6.19. The Morgan fingerprint density at radius 3 is 2.14 bits per heavy atom. The van der Waals surface area contributed by atoms with Crippen LogP contribution in [0.15, 0.2) is 24.3 Å². The summed E-state index contributed by atoms with van der Waals surface area (Å²) in [7, 11) is 0. The average molecular weight is 289 g/mol. The van der Waals surface area contributed by atoms with Crippen LogP contribution in [0.2, 0.25) is 0 Å². The van der Waals surface area contributed by atoms with Gasteiger partial charge in [0.25, 0.3) is 0 Å². The van der Waals surface area contributed by atoms with E-state index in [4.69, 9.17) is 5.73 Å². The van der Waals surface area contributed by atoms with Crippen LogP contribution in [0.3, 0.4) is 0 Å². The Kier molecular flexibility index (Phi) is 6.87. The Balaban J connectivity index is 1.61. The Hall–Kier alpha value is -1.22. The summed E-state index contributed by atoms with van der Waals surface area (Å²) in [5.74, 6) is 0. The van der Waals surface area contributed by atoms with Crippen molar-refractivity contribution in [2.24, 2.45) is 0 Å². The summed E-state index contributed by atoms with van der Waals surface area (Å²) in [6.45, 7) is 8.22. The molecule has 0 radical (unpaired) electrons. The van der Waals surface area contributed by atoms with Gasteiger partial charge in [-0.15, -0.1) is 0 Å². The number of nitrogens with zero attached hydrogens (tertiary/aromatic N) is 2. The third kappa shape index (κ3) is 5.58. The molecule has 21 heavy (non-hydrogen) atoms. The summed E-state index contributed by atoms with van der Waals surface area (Å²) in [4.78, 5) is 5.09. The highest BCUT2D eigenvalue weighted by molar-refractivity contribution is 5.53. The van der Waals surface area contributed by atoms with Crippen LogP contribution < -0.4 is 10.6 Å². The van der Waals surface area contributed by atoms with Gasteiger partial charge in [-0.05, 0) is 37.2 Å². The molecule has 1 aliphatic rings. The van der Waals surface area contributed by atoms with E-state index in [0.29, 0.717) is 0 Å². The van der Waals surface area contributed by atoms with E-state index in [-0.39, 0.29) is 0 Å². The number of hydrogen-bond acceptors (Lipinski definition) is 3. The van der Waals surface area contributed by atoms with Crippen LogP contribution in [0.4, 0.5) is 11.4 Å². The summed E-state index contributed by atoms with van der Waals surface area (Å²) in [5, 5.41) is 0. The van der Waals surface area contributed by atoms with E-state index in [1.807, 2.05) is 12.1 Å². The first-order chi connectivity index (χ1) is 10.3. The minimum Gasteiger partial charge on any atom is -0.399 e. The molecular weight excluding hydrogens is 258 g/mol. The molecule has 0 saturated carbocycles. The molecule has 118 valence electrons. The molecule has 3 heteroatoms. The van der Waals surface area contributed by atoms with Crippen molar-refractivity contribution in [3.8, 4) is 0 Å². The van der Waals surface area contributed by atoms with Crippen LogP contribution in [0.5, 0.6) is 0 Å². The fourth-order valence-corrected chi connectivity index (χ4v) is 3.03. The van der Waals surface area contributed by atoms with Gasteiger partial charge in [0.15, 0.2) is 0 Å². The molecule has 0 spiro atoms. The molecule has 0 bridgehead atoms. The number of unbranched alkanes of at least 4 members (excludes halogenated alkanes) is 5. The number of benzene rings is 1. The Morgan fingerprint density at radius 2 is 1.48 bits per heavy atom. The molecule has 1 aromatic carbocycles. The molecule has 2 N–H and O–H groups in total. The highest BCUT2D eigenvalue weighted by atomic mass is 15.3. The largest absolute Gasteiger partial charge is 0.399 e. The predicted octanol–water partition coefficient (Wildman–Crippen LogP) is 3.75. The third-order valence-electron chi connectivity index (χ3n) is 4.46. The van der Waals surface area contributed by atoms with Crippen molar-refractivity contribution < 1.29 is 0 Å². The number of nitrogen functional groups attached to an aromatic ring is 1. The fourth-order valence-electron chi connectivity index (χ4n) is 3.03. The van der Waals surface area contributed by atoms with E-state index in [2.05, 4.69) is 28.9 Å². The molecule has 0 amide bonds. The van der Waals surface area contributed by atoms with E-state index in [0.717, 1.165) is 18.8 Å². The lowest BCUT2D eigenvalue weighted by molar-refractivity contribution is 0.252. The third-order valence-corrected chi connectivity index (χ3v) is 4.46. The number of piperazine rings is 1. The summed E-state index contributed by atoms with van der Waals surface area (Å²) in [6.07, 6.45) is 8.35. The molecule has 1 aromatic rings. The molecule has 0 unspecified atom stereocenters. The molecule has 3 nitrogen and oxygen atoms in total. The second-order valence-electron chi connectivity index (χ2n) is 6.19. The van der Waals surface area contributed by atoms with Gasteiger partial charge >= 0.3 is 0 Å². The maximum Gasteiger partial charge on any atom is 0.0368 e. The number of hydrogen-bond donors (Lipinski definition) is 1. The van der Waals surface area contributed by atoms with Crippen LogP contribution in [0.1, 0.15) is 45.4 Å². The van der Waals surface area contributed by atoms with E-state index < -0.39 is 0 Å². The molecular formula is C18H31N3. The molecule has 0 atom stereocenters. The van der Waals surface area contributed by atoms with Crippen LogP contribution in [0.25, 0.3) is 0 Å². The zero-order valence-electron chi connectivity index (χ0n) is 13.6. The quantitative estimate of drug-likeness (QED) is 0.584. The zero-order chi connectivity index (χ0) is 14.9. The van der Waals surface area contributed by atoms with Crippen LogP contribution in [0, 0.1) is 0 Å². The number of rotatable bonds is 8. The van der Waals surface area contributed by atoms with E-state index in [1.165, 1.54) is 63.8 Å². The highest BCUT2D eigenvalue weighted by Crippen LogP contribution is 2.18. The van der Waals surface area contributed by atoms with Gasteiger partial charge < -0.3 is 10.6 Å². The molecule has 2 rings (SSSR count). The lowest BCUT2D eigenvalue weighted by Crippen LogP contribution is -2.46. The van der Waals surface area contributed by atoms with Crippen molar-refractivity contribution in [3.63, 3.8) is 0 Å². The Bertz CT molecular complexity index is 380. The monoisotopic (exact) mass is 289 g/mol. The van der Waals surface area contributed by atoms with Gasteiger partial charge in [-0.25, -0.2) is 0 Å². The van der Waals surface area contributed by atoms with Crippen molar-refractivity contribution in [2.75, 3.05) is 43.4 Å². The summed E-state index contributed by atoms with van der Waals surface area (Å²) < 4.78 is 0. The smallest absolute Gasteiger partial charge is 0.0368 e. The molecule has 0 aromatic heterocycles. The van der Waals surface area contributed by atoms with Gasteiger partial charge in [0.05, 0.1) is 0 Å². The minimum atomic E-state index is 0.848. The maximum absolute atomic E-state index is 5.75. The summed E-state index contributed by atoms with van der Waals surface area (Å²) in [6, 6.07) is 8.27. The summed E-state index contributed by atoms with van der Waals surface area (Å²) >= 11 is 0. The number of nitrogens with two attached hydrogens (primary N) is 1. The molecule has 1 saturated heterocycles. The van der Waals surface area contributed by atoms with Gasteiger partial charge in [0.1, 0.15) is 0 Å². The van der Waals surface area contributed by atoms with Gasteiger partial charge in [-0.3, -0.25) is 4.90 Å². The molecule has 0 aliphatic carbocycles.